The summed E-state index contributed by atoms with van der Waals surface area (Å²) in [6, 6.07) is 0.593. The Balaban J connectivity index is 0.00000133. The molecule has 2 aliphatic heterocycles. The smallest absolute Gasteiger partial charge is 0.226 e. The zero-order chi connectivity index (χ0) is 12.7. The number of carbonyl (C=O) groups is 1. The van der Waals surface area contributed by atoms with Crippen molar-refractivity contribution in [2.45, 2.75) is 63.1 Å². The first-order valence-corrected chi connectivity index (χ1v) is 7.41. The number of halogens is 1. The van der Waals surface area contributed by atoms with Crippen molar-refractivity contribution in [3.05, 3.63) is 0 Å². The van der Waals surface area contributed by atoms with Gasteiger partial charge in [-0.25, -0.2) is 0 Å². The molecule has 3 fully saturated rings. The van der Waals surface area contributed by atoms with E-state index in [0.29, 0.717) is 30.5 Å². The van der Waals surface area contributed by atoms with Gasteiger partial charge in [0.15, 0.2) is 0 Å². The molecule has 2 bridgehead atoms. The number of rotatable bonds is 2. The predicted octanol–water partition coefficient (Wildman–Crippen LogP) is 1.30. The number of nitrogens with zero attached hydrogens (tertiary/aromatic N) is 1. The second kappa shape index (κ2) is 5.98. The number of amides is 1. The molecule has 2 unspecified atom stereocenters. The first-order valence-electron chi connectivity index (χ1n) is 7.41. The van der Waals surface area contributed by atoms with Crippen molar-refractivity contribution in [1.29, 1.82) is 0 Å². The van der Waals surface area contributed by atoms with Gasteiger partial charge >= 0.3 is 0 Å². The molecule has 1 aliphatic carbocycles. The van der Waals surface area contributed by atoms with E-state index in [-0.39, 0.29) is 24.4 Å². The molecule has 19 heavy (non-hydrogen) atoms. The van der Waals surface area contributed by atoms with Gasteiger partial charge in [-0.05, 0) is 51.0 Å². The van der Waals surface area contributed by atoms with Gasteiger partial charge < -0.3 is 15.7 Å². The Hall–Kier alpha value is -0.320. The summed E-state index contributed by atoms with van der Waals surface area (Å²) in [6.07, 6.45) is 6.79. The van der Waals surface area contributed by atoms with Crippen LogP contribution in [0.25, 0.3) is 0 Å². The maximum absolute atomic E-state index is 12.7. The summed E-state index contributed by atoms with van der Waals surface area (Å²) < 4.78 is 0. The number of aliphatic hydroxyl groups excluding tert-OH is 1. The van der Waals surface area contributed by atoms with Gasteiger partial charge in [-0.2, -0.15) is 0 Å². The lowest BCUT2D eigenvalue weighted by atomic mass is 9.91. The van der Waals surface area contributed by atoms with Gasteiger partial charge in [0, 0.05) is 18.0 Å². The predicted molar refractivity (Wildman–Crippen MR) is 76.0 cm³/mol. The van der Waals surface area contributed by atoms with Gasteiger partial charge in [0.25, 0.3) is 0 Å². The van der Waals surface area contributed by atoms with Crippen LogP contribution < -0.4 is 5.73 Å². The van der Waals surface area contributed by atoms with Gasteiger partial charge in [-0.3, -0.25) is 4.79 Å². The maximum Gasteiger partial charge on any atom is 0.226 e. The third kappa shape index (κ3) is 2.63. The number of carbonyl (C=O) groups excluding carboxylic acids is 1. The van der Waals surface area contributed by atoms with E-state index in [0.717, 1.165) is 44.9 Å². The van der Waals surface area contributed by atoms with Crippen LogP contribution in [0.1, 0.15) is 44.9 Å². The molecule has 0 aromatic carbocycles. The molecular weight excluding hydrogens is 264 g/mol. The summed E-state index contributed by atoms with van der Waals surface area (Å²) >= 11 is 0. The molecule has 3 N–H and O–H groups in total. The lowest BCUT2D eigenvalue weighted by molar-refractivity contribution is -0.143. The van der Waals surface area contributed by atoms with Gasteiger partial charge in [-0.1, -0.05) is 6.42 Å². The van der Waals surface area contributed by atoms with Crippen molar-refractivity contribution in [3.8, 4) is 0 Å². The molecule has 5 heteroatoms. The number of fused-ring (bicyclic) bond motifs is 2. The largest absolute Gasteiger partial charge is 0.393 e. The molecule has 2 saturated heterocycles. The van der Waals surface area contributed by atoms with Crippen molar-refractivity contribution < 1.29 is 9.90 Å². The van der Waals surface area contributed by atoms with E-state index in [4.69, 9.17) is 5.73 Å². The molecule has 0 aromatic heterocycles. The average molecular weight is 289 g/mol. The van der Waals surface area contributed by atoms with Gasteiger partial charge in [0.1, 0.15) is 0 Å². The topological polar surface area (TPSA) is 66.6 Å². The highest BCUT2D eigenvalue weighted by Gasteiger charge is 2.46. The number of aliphatic hydroxyl groups is 1. The van der Waals surface area contributed by atoms with Gasteiger partial charge in [0.2, 0.25) is 5.91 Å². The lowest BCUT2D eigenvalue weighted by Gasteiger charge is -2.39. The standard InChI is InChI=1S/C14H24N2O2.ClH/c15-8-9-2-1-3-13(9)14(18)16-10-4-5-11(16)7-12(17)6-10;/h9-13,17H,1-8,15H2;1H/t9-,10?,11?,12?,13-;/m1./s1. The molecule has 4 atom stereocenters. The summed E-state index contributed by atoms with van der Waals surface area (Å²) in [4.78, 5) is 14.8. The first kappa shape index (κ1) is 15.1. The Morgan fingerprint density at radius 2 is 1.79 bits per heavy atom. The Kier molecular flexibility index (Phi) is 4.75. The van der Waals surface area contributed by atoms with E-state index < -0.39 is 0 Å². The molecule has 110 valence electrons. The lowest BCUT2D eigenvalue weighted by Crippen LogP contribution is -2.51. The van der Waals surface area contributed by atoms with Gasteiger partial charge in [0.05, 0.1) is 6.10 Å². The minimum Gasteiger partial charge on any atom is -0.393 e. The SMILES string of the molecule is Cl.NC[C@H]1CCC[C@H]1C(=O)N1C2CCC1CC(O)C2. The van der Waals surface area contributed by atoms with Crippen molar-refractivity contribution in [1.82, 2.24) is 4.90 Å². The molecule has 2 heterocycles. The monoisotopic (exact) mass is 288 g/mol. The van der Waals surface area contributed by atoms with E-state index in [1.807, 2.05) is 0 Å². The number of hydrogen-bond donors (Lipinski definition) is 2. The van der Waals surface area contributed by atoms with Crippen LogP contribution in [-0.2, 0) is 4.79 Å². The fraction of sp³-hybridized carbons (Fsp3) is 0.929. The highest BCUT2D eigenvalue weighted by molar-refractivity contribution is 5.85. The third-order valence-corrected chi connectivity index (χ3v) is 5.24. The van der Waals surface area contributed by atoms with Crippen molar-refractivity contribution >= 4 is 18.3 Å². The second-order valence-corrected chi connectivity index (χ2v) is 6.29. The summed E-state index contributed by atoms with van der Waals surface area (Å²) in [7, 11) is 0. The quantitative estimate of drug-likeness (QED) is 0.805. The van der Waals surface area contributed by atoms with Crippen LogP contribution >= 0.6 is 12.4 Å². The summed E-state index contributed by atoms with van der Waals surface area (Å²) in [5, 5.41) is 9.80. The number of piperidine rings is 1. The Bertz CT molecular complexity index is 325. The van der Waals surface area contributed by atoms with E-state index in [2.05, 4.69) is 4.90 Å². The Morgan fingerprint density at radius 1 is 1.16 bits per heavy atom. The summed E-state index contributed by atoms with van der Waals surface area (Å²) in [5.41, 5.74) is 5.79. The molecule has 4 nitrogen and oxygen atoms in total. The second-order valence-electron chi connectivity index (χ2n) is 6.29. The van der Waals surface area contributed by atoms with Crippen LogP contribution in [0.4, 0.5) is 0 Å². The molecule has 3 aliphatic rings. The van der Waals surface area contributed by atoms with Crippen molar-refractivity contribution in [2.75, 3.05) is 6.54 Å². The zero-order valence-corrected chi connectivity index (χ0v) is 12.1. The van der Waals surface area contributed by atoms with Crippen LogP contribution in [0, 0.1) is 11.8 Å². The van der Waals surface area contributed by atoms with Gasteiger partial charge in [-0.15, -0.1) is 12.4 Å². The zero-order valence-electron chi connectivity index (χ0n) is 11.3. The summed E-state index contributed by atoms with van der Waals surface area (Å²) in [5.74, 6) is 0.888. The van der Waals surface area contributed by atoms with Crippen LogP contribution in [-0.4, -0.2) is 40.6 Å². The minimum atomic E-state index is -0.194. The Labute approximate surface area is 121 Å². The van der Waals surface area contributed by atoms with E-state index >= 15 is 0 Å². The summed E-state index contributed by atoms with van der Waals surface area (Å²) in [6.45, 7) is 0.641. The van der Waals surface area contributed by atoms with Crippen molar-refractivity contribution in [3.63, 3.8) is 0 Å². The van der Waals surface area contributed by atoms with E-state index in [1.165, 1.54) is 0 Å². The highest BCUT2D eigenvalue weighted by Crippen LogP contribution is 2.40. The molecule has 0 radical (unpaired) electrons. The van der Waals surface area contributed by atoms with Crippen LogP contribution in [0.2, 0.25) is 0 Å². The number of hydrogen-bond acceptors (Lipinski definition) is 3. The number of nitrogens with two attached hydrogens (primary N) is 1. The fourth-order valence-electron chi connectivity index (χ4n) is 4.34. The fourth-order valence-corrected chi connectivity index (χ4v) is 4.34. The van der Waals surface area contributed by atoms with E-state index in [1.54, 1.807) is 0 Å². The maximum atomic E-state index is 12.7. The average Bonchev–Trinajstić information content (AvgIpc) is 2.92. The van der Waals surface area contributed by atoms with Crippen LogP contribution in [0.5, 0.6) is 0 Å². The highest BCUT2D eigenvalue weighted by atomic mass is 35.5. The molecular formula is C14H25ClN2O2. The van der Waals surface area contributed by atoms with E-state index in [9.17, 15) is 9.90 Å². The van der Waals surface area contributed by atoms with Crippen molar-refractivity contribution in [2.24, 2.45) is 17.6 Å². The Morgan fingerprint density at radius 3 is 2.37 bits per heavy atom. The molecule has 3 rings (SSSR count). The molecule has 0 aromatic rings. The third-order valence-electron chi connectivity index (χ3n) is 5.24. The van der Waals surface area contributed by atoms with Crippen LogP contribution in [0.15, 0.2) is 0 Å². The van der Waals surface area contributed by atoms with Crippen LogP contribution in [0.3, 0.4) is 0 Å². The molecule has 1 amide bonds. The normalized spacial score (nSPS) is 41.2. The first-order chi connectivity index (χ1) is 8.70. The molecule has 0 spiro atoms. The minimum absolute atomic E-state index is 0. The molecule has 1 saturated carbocycles.